The summed E-state index contributed by atoms with van der Waals surface area (Å²) in [7, 11) is 0. The number of aliphatic hydroxyl groups is 2. The molecular formula is C71H77Br2N7O13. The number of aromatic hydroxyl groups is 1. The fourth-order valence-electron chi connectivity index (χ4n) is 11.8. The van der Waals surface area contributed by atoms with Gasteiger partial charge in [0.1, 0.15) is 29.3 Å². The highest BCUT2D eigenvalue weighted by Crippen LogP contribution is 2.33. The second-order valence-electron chi connectivity index (χ2n) is 25.8. The Balaban J connectivity index is 0.000000206. The quantitative estimate of drug-likeness (QED) is 0.0720. The molecule has 4 atom stereocenters. The minimum absolute atomic E-state index is 0.0310. The van der Waals surface area contributed by atoms with E-state index in [4.69, 9.17) is 18.6 Å². The Kier molecular flexibility index (Phi) is 20.8. The molecule has 93 heavy (non-hydrogen) atoms. The molecule has 11 rings (SSSR count). The van der Waals surface area contributed by atoms with E-state index in [1.54, 1.807) is 96.1 Å². The molecule has 488 valence electrons. The Morgan fingerprint density at radius 2 is 0.989 bits per heavy atom. The molecule has 4 aliphatic heterocycles. The van der Waals surface area contributed by atoms with Crippen molar-refractivity contribution in [2.45, 2.75) is 142 Å². The molecule has 0 bridgehead atoms. The summed E-state index contributed by atoms with van der Waals surface area (Å²) in [5, 5.41) is 38.2. The van der Waals surface area contributed by atoms with Gasteiger partial charge in [-0.2, -0.15) is 0 Å². The van der Waals surface area contributed by atoms with Gasteiger partial charge in [0.15, 0.2) is 12.2 Å². The number of aromatic nitrogens is 1. The number of aryl methyl sites for hydroxylation is 1. The number of oxazole rings is 1. The average Bonchev–Trinajstić information content (AvgIpc) is 0.865. The summed E-state index contributed by atoms with van der Waals surface area (Å²) < 4.78 is 24.5. The highest BCUT2D eigenvalue weighted by molar-refractivity contribution is 9.10. The molecular weight excluding hydrogens is 1320 g/mol. The summed E-state index contributed by atoms with van der Waals surface area (Å²) in [5.41, 5.74) is 9.03. The number of hydrogen-bond donors (Lipinski definition) is 5. The smallest absolute Gasteiger partial charge is 0.410 e. The number of carbonyl (C=O) groups is 6. The number of fused-ring (bicyclic) bond motifs is 4. The van der Waals surface area contributed by atoms with Gasteiger partial charge in [0.25, 0.3) is 23.6 Å². The van der Waals surface area contributed by atoms with E-state index in [1.165, 1.54) is 16.2 Å². The zero-order valence-corrected chi connectivity index (χ0v) is 56.2. The van der Waals surface area contributed by atoms with Crippen LogP contribution in [0.5, 0.6) is 11.5 Å². The summed E-state index contributed by atoms with van der Waals surface area (Å²) in [5.74, 6) is 0.624. The van der Waals surface area contributed by atoms with Crippen LogP contribution >= 0.6 is 31.9 Å². The summed E-state index contributed by atoms with van der Waals surface area (Å²) in [6.07, 6.45) is 0.0915. The first-order valence-electron chi connectivity index (χ1n) is 30.9. The number of rotatable bonds is 13. The van der Waals surface area contributed by atoms with Crippen LogP contribution in [-0.4, -0.2) is 137 Å². The highest BCUT2D eigenvalue weighted by atomic mass is 79.9. The number of nitrogens with zero attached hydrogens (tertiary/aromatic N) is 5. The molecule has 0 aliphatic carbocycles. The Bertz CT molecular complexity index is 3920. The molecule has 1 aromatic heterocycles. The highest BCUT2D eigenvalue weighted by Gasteiger charge is 2.39. The van der Waals surface area contributed by atoms with Crippen LogP contribution in [-0.2, 0) is 67.9 Å². The van der Waals surface area contributed by atoms with Crippen molar-refractivity contribution in [3.63, 3.8) is 0 Å². The number of halogens is 2. The molecule has 0 radical (unpaired) electrons. The third kappa shape index (κ3) is 17.0. The number of amides is 6. The first kappa shape index (κ1) is 67.3. The molecule has 7 aromatic rings. The lowest BCUT2D eigenvalue weighted by atomic mass is 9.91. The maximum absolute atomic E-state index is 13.4. The number of hydrogen-bond acceptors (Lipinski definition) is 14. The van der Waals surface area contributed by atoms with E-state index in [2.05, 4.69) is 47.5 Å². The van der Waals surface area contributed by atoms with Crippen LogP contribution < -0.4 is 15.4 Å². The monoisotopic (exact) mass is 1390 g/mol. The minimum Gasteiger partial charge on any atom is -0.508 e. The lowest BCUT2D eigenvalue weighted by Crippen LogP contribution is -2.54. The molecule has 5 N–H and O–H groups in total. The number of aliphatic hydroxyl groups excluding tert-OH is 2. The van der Waals surface area contributed by atoms with Gasteiger partial charge in [0.05, 0.1) is 30.0 Å². The number of benzene rings is 6. The predicted molar refractivity (Wildman–Crippen MR) is 353 cm³/mol. The number of ether oxygens (including phenoxy) is 3. The van der Waals surface area contributed by atoms with Crippen molar-refractivity contribution in [2.24, 2.45) is 0 Å². The topological polar surface area (TPSA) is 254 Å². The van der Waals surface area contributed by atoms with E-state index >= 15 is 0 Å². The Morgan fingerprint density at radius 1 is 0.559 bits per heavy atom. The molecule has 6 aromatic carbocycles. The minimum atomic E-state index is -1.07. The zero-order valence-electron chi connectivity index (χ0n) is 53.0. The van der Waals surface area contributed by atoms with Gasteiger partial charge in [-0.25, -0.2) is 14.6 Å². The molecule has 0 saturated carbocycles. The number of phenols is 1. The Labute approximate surface area is 557 Å². The second kappa shape index (κ2) is 28.7. The van der Waals surface area contributed by atoms with E-state index in [0.717, 1.165) is 59.1 Å². The third-order valence-electron chi connectivity index (χ3n) is 16.7. The van der Waals surface area contributed by atoms with Crippen molar-refractivity contribution in [3.05, 3.63) is 215 Å². The molecule has 4 aliphatic rings. The maximum Gasteiger partial charge on any atom is 0.410 e. The van der Waals surface area contributed by atoms with Crippen LogP contribution in [0.3, 0.4) is 0 Å². The fourth-order valence-corrected chi connectivity index (χ4v) is 12.3. The van der Waals surface area contributed by atoms with Crippen molar-refractivity contribution in [1.29, 1.82) is 0 Å². The zero-order chi connectivity index (χ0) is 66.5. The van der Waals surface area contributed by atoms with Crippen LogP contribution in [0.2, 0.25) is 0 Å². The summed E-state index contributed by atoms with van der Waals surface area (Å²) in [6, 6.07) is 34.9. The van der Waals surface area contributed by atoms with E-state index in [-0.39, 0.29) is 62.2 Å². The van der Waals surface area contributed by atoms with Crippen molar-refractivity contribution in [3.8, 4) is 11.5 Å². The number of carbonyl (C=O) groups excluding carboxylic acids is 6. The largest absolute Gasteiger partial charge is 0.508 e. The molecule has 5 heterocycles. The van der Waals surface area contributed by atoms with Crippen molar-refractivity contribution in [1.82, 2.24) is 35.2 Å². The van der Waals surface area contributed by atoms with Crippen LogP contribution in [0, 0.1) is 6.92 Å². The van der Waals surface area contributed by atoms with Gasteiger partial charge in [-0.1, -0.05) is 56.1 Å². The Morgan fingerprint density at radius 3 is 1.43 bits per heavy atom. The van der Waals surface area contributed by atoms with Crippen LogP contribution in [0.4, 0.5) is 9.59 Å². The van der Waals surface area contributed by atoms with Crippen molar-refractivity contribution >= 4 is 67.7 Å². The summed E-state index contributed by atoms with van der Waals surface area (Å²) >= 11 is 6.80. The van der Waals surface area contributed by atoms with Gasteiger partial charge in [0.2, 0.25) is 0 Å². The molecule has 0 unspecified atom stereocenters. The third-order valence-corrected chi connectivity index (χ3v) is 17.8. The van der Waals surface area contributed by atoms with Gasteiger partial charge >= 0.3 is 12.2 Å². The Hall–Kier alpha value is -8.57. The molecule has 22 heteroatoms. The van der Waals surface area contributed by atoms with E-state index < -0.39 is 47.7 Å². The van der Waals surface area contributed by atoms with Gasteiger partial charge in [-0.3, -0.25) is 29.0 Å². The molecule has 0 saturated heterocycles. The van der Waals surface area contributed by atoms with Crippen molar-refractivity contribution < 1.29 is 62.7 Å². The lowest BCUT2D eigenvalue weighted by Gasteiger charge is -2.40. The normalized spacial score (nSPS) is 16.6. The van der Waals surface area contributed by atoms with Crippen LogP contribution in [0.25, 0.3) is 0 Å². The van der Waals surface area contributed by atoms with E-state index in [0.29, 0.717) is 85.6 Å². The first-order chi connectivity index (χ1) is 44.2. The van der Waals surface area contributed by atoms with Crippen LogP contribution in [0.1, 0.15) is 139 Å². The SMILES string of the molecule is CC(C)(C)OC(=O)N1Cc2cc(O)ccc2C[C@H]1[C@H](O)CNC(=O)c1ccc2c(c1)CCN(C(=O)c1ccc(Br)cc1)C2.Cc1ncoc1COc1ccc2c(c1)CN(C(=O)OC(C)(C)C)[C@H]([C@H](O)CNC(=O)c1ccc3c(c1)CCN(C(=O)c1ccc(Br)cc1)C3)C2. The standard InChI is InChI=1S/C38H41BrN4O7.C33H36BrN3O6/c1-23-34(49-22-41-23)21-48-31-12-9-25-17-32(43(20-29(25)16-31)37(47)50-38(2,3)4)33(44)18-40-35(45)27-5-6-28-19-42(14-13-26(28)15-27)36(46)24-7-10-30(39)11-8-24;1-33(2,3)43-32(42)37-19-25-15-27(38)11-8-21(25)16-28(37)29(39)17-35-30(40)23-4-5-24-18-36(13-12-22(24)14-23)31(41)20-6-9-26(34)10-7-20/h5-12,15-16,22,32-33,44H,13-14,17-21H2,1-4H3,(H,40,45);4-11,14-15,28-29,38-39H,12-13,16-19H2,1-3H3,(H,35,40)/t32-,33+;28-,29+/m00/s1. The van der Waals surface area contributed by atoms with Crippen molar-refractivity contribution in [2.75, 3.05) is 26.2 Å². The molecule has 0 spiro atoms. The van der Waals surface area contributed by atoms with Gasteiger partial charge in [-0.15, -0.1) is 0 Å². The maximum atomic E-state index is 13.4. The van der Waals surface area contributed by atoms with E-state index in [1.807, 2.05) is 83.5 Å². The number of phenolic OH excluding ortho intramolecular Hbond substituents is 1. The second-order valence-corrected chi connectivity index (χ2v) is 27.6. The molecule has 0 fully saturated rings. The van der Waals surface area contributed by atoms with E-state index in [9.17, 15) is 44.1 Å². The summed E-state index contributed by atoms with van der Waals surface area (Å²) in [6.45, 7) is 15.0. The van der Waals surface area contributed by atoms with Crippen LogP contribution in [0.15, 0.2) is 141 Å². The predicted octanol–water partition coefficient (Wildman–Crippen LogP) is 10.8. The lowest BCUT2D eigenvalue weighted by molar-refractivity contribution is -0.0118. The van der Waals surface area contributed by atoms with Gasteiger partial charge < -0.3 is 54.4 Å². The molecule has 20 nitrogen and oxygen atoms in total. The van der Waals surface area contributed by atoms with Gasteiger partial charge in [0, 0.05) is 83.6 Å². The first-order valence-corrected chi connectivity index (χ1v) is 32.5. The molecule has 6 amide bonds. The average molecular weight is 1400 g/mol. The van der Waals surface area contributed by atoms with Gasteiger partial charge in [-0.05, 0) is 216 Å². The fraction of sp³-hybridized carbons (Fsp3) is 0.366. The summed E-state index contributed by atoms with van der Waals surface area (Å²) in [4.78, 5) is 89.6. The number of nitrogens with one attached hydrogen (secondary N) is 2.